The summed E-state index contributed by atoms with van der Waals surface area (Å²) in [7, 11) is 0. The minimum atomic E-state index is -0.835. The van der Waals surface area contributed by atoms with Crippen LogP contribution in [-0.4, -0.2) is 22.5 Å². The maximum atomic E-state index is 12.9. The van der Waals surface area contributed by atoms with Gasteiger partial charge in [0.25, 0.3) is 0 Å². The number of carboxylic acid groups (broad SMARTS) is 1. The van der Waals surface area contributed by atoms with Gasteiger partial charge in [-0.3, -0.25) is 9.69 Å². The van der Waals surface area contributed by atoms with Crippen LogP contribution in [0.1, 0.15) is 18.2 Å². The molecule has 0 saturated carbocycles. The molecule has 0 bridgehead atoms. The molecular formula is C16H18FNO3. The second kappa shape index (κ2) is 7.04. The number of benzene rings is 1. The first-order chi connectivity index (χ1) is 10.0. The van der Waals surface area contributed by atoms with Gasteiger partial charge in [0.05, 0.1) is 18.7 Å². The zero-order valence-electron chi connectivity index (χ0n) is 11.8. The number of halogens is 1. The van der Waals surface area contributed by atoms with Crippen molar-refractivity contribution in [3.8, 4) is 0 Å². The number of rotatable bonds is 7. The minimum absolute atomic E-state index is 0.282. The van der Waals surface area contributed by atoms with E-state index in [9.17, 15) is 9.18 Å². The molecule has 1 aromatic carbocycles. The maximum absolute atomic E-state index is 12.9. The molecule has 112 valence electrons. The van der Waals surface area contributed by atoms with Gasteiger partial charge in [-0.2, -0.15) is 0 Å². The highest BCUT2D eigenvalue weighted by Gasteiger charge is 2.17. The highest BCUT2D eigenvalue weighted by molar-refractivity contribution is 5.69. The van der Waals surface area contributed by atoms with Gasteiger partial charge in [0.15, 0.2) is 0 Å². The van der Waals surface area contributed by atoms with Crippen molar-refractivity contribution in [2.24, 2.45) is 5.92 Å². The van der Waals surface area contributed by atoms with Gasteiger partial charge in [0.1, 0.15) is 11.6 Å². The van der Waals surface area contributed by atoms with Crippen molar-refractivity contribution in [2.45, 2.75) is 20.0 Å². The summed E-state index contributed by atoms with van der Waals surface area (Å²) >= 11 is 0. The second-order valence-corrected chi connectivity index (χ2v) is 5.11. The van der Waals surface area contributed by atoms with Crippen molar-refractivity contribution in [1.82, 2.24) is 4.90 Å². The van der Waals surface area contributed by atoms with Gasteiger partial charge < -0.3 is 9.52 Å². The van der Waals surface area contributed by atoms with E-state index >= 15 is 0 Å². The summed E-state index contributed by atoms with van der Waals surface area (Å²) < 4.78 is 18.3. The molecule has 5 heteroatoms. The molecule has 0 saturated heterocycles. The summed E-state index contributed by atoms with van der Waals surface area (Å²) in [4.78, 5) is 13.0. The number of furan rings is 1. The molecule has 2 rings (SSSR count). The van der Waals surface area contributed by atoms with Gasteiger partial charge in [-0.1, -0.05) is 19.1 Å². The fourth-order valence-electron chi connectivity index (χ4n) is 2.12. The molecule has 0 amide bonds. The largest absolute Gasteiger partial charge is 0.481 e. The Kier molecular flexibility index (Phi) is 5.11. The van der Waals surface area contributed by atoms with Crippen LogP contribution in [0, 0.1) is 11.7 Å². The first-order valence-electron chi connectivity index (χ1n) is 6.76. The van der Waals surface area contributed by atoms with E-state index in [0.29, 0.717) is 19.6 Å². The summed E-state index contributed by atoms with van der Waals surface area (Å²) in [5.41, 5.74) is 0.931. The molecule has 0 aliphatic heterocycles. The molecule has 2 aromatic rings. The zero-order valence-corrected chi connectivity index (χ0v) is 11.8. The Hall–Kier alpha value is -2.14. The number of nitrogens with zero attached hydrogens (tertiary/aromatic N) is 1. The first kappa shape index (κ1) is 15.3. The van der Waals surface area contributed by atoms with Gasteiger partial charge in [0.2, 0.25) is 0 Å². The predicted octanol–water partition coefficient (Wildman–Crippen LogP) is 3.14. The normalized spacial score (nSPS) is 12.5. The molecule has 1 aromatic heterocycles. The second-order valence-electron chi connectivity index (χ2n) is 5.11. The van der Waals surface area contributed by atoms with Crippen LogP contribution < -0.4 is 0 Å². The number of hydrogen-bond donors (Lipinski definition) is 1. The molecule has 0 aliphatic rings. The van der Waals surface area contributed by atoms with Gasteiger partial charge >= 0.3 is 5.97 Å². The number of hydrogen-bond acceptors (Lipinski definition) is 3. The number of aliphatic carboxylic acids is 1. The van der Waals surface area contributed by atoms with Crippen LogP contribution in [0.25, 0.3) is 0 Å². The third kappa shape index (κ3) is 4.72. The van der Waals surface area contributed by atoms with Crippen LogP contribution >= 0.6 is 0 Å². The fraction of sp³-hybridized carbons (Fsp3) is 0.312. The predicted molar refractivity (Wildman–Crippen MR) is 76.0 cm³/mol. The Morgan fingerprint density at radius 3 is 2.57 bits per heavy atom. The van der Waals surface area contributed by atoms with Crippen molar-refractivity contribution in [3.05, 3.63) is 59.8 Å². The fourth-order valence-corrected chi connectivity index (χ4v) is 2.12. The van der Waals surface area contributed by atoms with Gasteiger partial charge in [0, 0.05) is 13.1 Å². The molecule has 0 radical (unpaired) electrons. The van der Waals surface area contributed by atoms with E-state index in [-0.39, 0.29) is 5.82 Å². The Labute approximate surface area is 122 Å². The van der Waals surface area contributed by atoms with Crippen LogP contribution in [0.15, 0.2) is 47.1 Å². The average molecular weight is 291 g/mol. The van der Waals surface area contributed by atoms with E-state index in [4.69, 9.17) is 9.52 Å². The Morgan fingerprint density at radius 2 is 2.00 bits per heavy atom. The highest BCUT2D eigenvalue weighted by Crippen LogP contribution is 2.13. The SMILES string of the molecule is CC(CN(Cc1ccc(F)cc1)Cc1ccco1)C(=O)O. The third-order valence-corrected chi connectivity index (χ3v) is 3.23. The Morgan fingerprint density at radius 1 is 1.29 bits per heavy atom. The summed E-state index contributed by atoms with van der Waals surface area (Å²) in [6, 6.07) is 9.86. The van der Waals surface area contributed by atoms with Crippen molar-refractivity contribution in [1.29, 1.82) is 0 Å². The van der Waals surface area contributed by atoms with Crippen LogP contribution in [0.4, 0.5) is 4.39 Å². The van der Waals surface area contributed by atoms with Crippen LogP contribution in [0.3, 0.4) is 0 Å². The molecular weight excluding hydrogens is 273 g/mol. The summed E-state index contributed by atoms with van der Waals surface area (Å²) in [6.45, 7) is 3.12. The van der Waals surface area contributed by atoms with Crippen molar-refractivity contribution in [3.63, 3.8) is 0 Å². The first-order valence-corrected chi connectivity index (χ1v) is 6.76. The van der Waals surface area contributed by atoms with E-state index in [2.05, 4.69) is 0 Å². The van der Waals surface area contributed by atoms with Crippen LogP contribution in [0.2, 0.25) is 0 Å². The monoisotopic (exact) mass is 291 g/mol. The molecule has 0 aliphatic carbocycles. The molecule has 1 atom stereocenters. The molecule has 0 fully saturated rings. The molecule has 4 nitrogen and oxygen atoms in total. The molecule has 1 unspecified atom stereocenters. The van der Waals surface area contributed by atoms with E-state index in [1.807, 2.05) is 11.0 Å². The standard InChI is InChI=1S/C16H18FNO3/c1-12(16(19)20)9-18(11-15-3-2-8-21-15)10-13-4-6-14(17)7-5-13/h2-8,12H,9-11H2,1H3,(H,19,20). The average Bonchev–Trinajstić information content (AvgIpc) is 2.94. The topological polar surface area (TPSA) is 53.7 Å². The molecule has 21 heavy (non-hydrogen) atoms. The highest BCUT2D eigenvalue weighted by atomic mass is 19.1. The minimum Gasteiger partial charge on any atom is -0.481 e. The molecule has 1 heterocycles. The van der Waals surface area contributed by atoms with Crippen molar-refractivity contribution < 1.29 is 18.7 Å². The quantitative estimate of drug-likeness (QED) is 0.851. The van der Waals surface area contributed by atoms with Crippen molar-refractivity contribution >= 4 is 5.97 Å². The zero-order chi connectivity index (χ0) is 15.2. The van der Waals surface area contributed by atoms with E-state index in [0.717, 1.165) is 11.3 Å². The van der Waals surface area contributed by atoms with Crippen LogP contribution in [0.5, 0.6) is 0 Å². The third-order valence-electron chi connectivity index (χ3n) is 3.23. The number of carboxylic acids is 1. The summed E-state index contributed by atoms with van der Waals surface area (Å²) in [5, 5.41) is 9.06. The lowest BCUT2D eigenvalue weighted by Crippen LogP contribution is -2.31. The van der Waals surface area contributed by atoms with Gasteiger partial charge in [-0.25, -0.2) is 4.39 Å². The van der Waals surface area contributed by atoms with Gasteiger partial charge in [-0.05, 0) is 29.8 Å². The lowest BCUT2D eigenvalue weighted by atomic mass is 10.1. The smallest absolute Gasteiger partial charge is 0.307 e. The summed E-state index contributed by atoms with van der Waals surface area (Å²) in [6.07, 6.45) is 1.59. The summed E-state index contributed by atoms with van der Waals surface area (Å²) in [5.74, 6) is -0.830. The Bertz CT molecular complexity index is 566. The van der Waals surface area contributed by atoms with E-state index < -0.39 is 11.9 Å². The van der Waals surface area contributed by atoms with E-state index in [1.54, 1.807) is 31.4 Å². The maximum Gasteiger partial charge on any atom is 0.307 e. The van der Waals surface area contributed by atoms with Crippen LogP contribution in [-0.2, 0) is 17.9 Å². The Balaban J connectivity index is 2.06. The lowest BCUT2D eigenvalue weighted by Gasteiger charge is -2.23. The van der Waals surface area contributed by atoms with E-state index in [1.165, 1.54) is 12.1 Å². The number of carbonyl (C=O) groups is 1. The molecule has 1 N–H and O–H groups in total. The van der Waals surface area contributed by atoms with Gasteiger partial charge in [-0.15, -0.1) is 0 Å². The lowest BCUT2D eigenvalue weighted by molar-refractivity contribution is -0.141. The molecule has 0 spiro atoms. The van der Waals surface area contributed by atoms with Crippen molar-refractivity contribution in [2.75, 3.05) is 6.54 Å².